The first-order chi connectivity index (χ1) is 7.20. The lowest BCUT2D eigenvalue weighted by Gasteiger charge is -2.09. The first-order valence-electron chi connectivity index (χ1n) is 4.32. The van der Waals surface area contributed by atoms with E-state index in [-0.39, 0.29) is 11.5 Å². The van der Waals surface area contributed by atoms with Crippen molar-refractivity contribution in [1.29, 1.82) is 0 Å². The molecule has 0 aliphatic heterocycles. The molecular weight excluding hydrogens is 216 g/mol. The van der Waals surface area contributed by atoms with Gasteiger partial charge in [-0.15, -0.1) is 11.6 Å². The average molecular weight is 227 g/mol. The molecule has 80 valence electrons. The second-order valence-electron chi connectivity index (χ2n) is 2.82. The number of ether oxygens (including phenoxy) is 1. The molecule has 0 aliphatic carbocycles. The maximum atomic E-state index is 10.9. The topological polar surface area (TPSA) is 46.5 Å². The summed E-state index contributed by atoms with van der Waals surface area (Å²) in [5, 5.41) is 8.91. The smallest absolute Gasteiger partial charge is 0.336 e. The van der Waals surface area contributed by atoms with Crippen molar-refractivity contribution < 1.29 is 14.6 Å². The maximum Gasteiger partial charge on any atom is 0.336 e. The number of carboxylic acids is 1. The second kappa shape index (κ2) is 5.41. The van der Waals surface area contributed by atoms with Crippen LogP contribution in [0.3, 0.4) is 0 Å². The lowest BCUT2D eigenvalue weighted by Crippen LogP contribution is -2.07. The zero-order valence-electron chi connectivity index (χ0n) is 8.24. The van der Waals surface area contributed by atoms with Crippen molar-refractivity contribution in [3.8, 4) is 0 Å². The van der Waals surface area contributed by atoms with Gasteiger partial charge in [-0.05, 0) is 0 Å². The van der Waals surface area contributed by atoms with Crippen LogP contribution < -0.4 is 0 Å². The summed E-state index contributed by atoms with van der Waals surface area (Å²) < 4.78 is 5.07. The van der Waals surface area contributed by atoms with Crippen molar-refractivity contribution in [3.63, 3.8) is 0 Å². The van der Waals surface area contributed by atoms with Crippen molar-refractivity contribution in [2.45, 2.75) is 0 Å². The summed E-state index contributed by atoms with van der Waals surface area (Å²) in [6, 6.07) is 9.00. The molecule has 0 bridgehead atoms. The van der Waals surface area contributed by atoms with Gasteiger partial charge < -0.3 is 9.84 Å². The van der Waals surface area contributed by atoms with Gasteiger partial charge in [-0.25, -0.2) is 4.79 Å². The largest absolute Gasteiger partial charge is 0.496 e. The lowest BCUT2D eigenvalue weighted by molar-refractivity contribution is -0.132. The van der Waals surface area contributed by atoms with Crippen molar-refractivity contribution in [3.05, 3.63) is 41.5 Å². The maximum absolute atomic E-state index is 10.9. The third kappa shape index (κ3) is 2.73. The van der Waals surface area contributed by atoms with E-state index in [4.69, 9.17) is 21.4 Å². The van der Waals surface area contributed by atoms with E-state index in [0.29, 0.717) is 11.3 Å². The minimum Gasteiger partial charge on any atom is -0.496 e. The Kier molecular flexibility index (Phi) is 4.18. The van der Waals surface area contributed by atoms with E-state index in [0.717, 1.165) is 0 Å². The molecule has 0 saturated carbocycles. The van der Waals surface area contributed by atoms with E-state index in [1.807, 2.05) is 18.2 Å². The number of alkyl halides is 1. The van der Waals surface area contributed by atoms with Crippen LogP contribution in [0.15, 0.2) is 35.9 Å². The predicted molar refractivity (Wildman–Crippen MR) is 58.7 cm³/mol. The van der Waals surface area contributed by atoms with Gasteiger partial charge in [0.05, 0.1) is 18.6 Å². The van der Waals surface area contributed by atoms with E-state index in [1.54, 1.807) is 12.1 Å². The van der Waals surface area contributed by atoms with Gasteiger partial charge in [0.15, 0.2) is 0 Å². The number of rotatable bonds is 4. The van der Waals surface area contributed by atoms with E-state index in [9.17, 15) is 4.79 Å². The summed E-state index contributed by atoms with van der Waals surface area (Å²) in [6.45, 7) is 0. The van der Waals surface area contributed by atoms with Gasteiger partial charge in [-0.1, -0.05) is 30.3 Å². The Morgan fingerprint density at radius 2 is 2.00 bits per heavy atom. The van der Waals surface area contributed by atoms with Crippen LogP contribution in [0.2, 0.25) is 0 Å². The molecule has 0 saturated heterocycles. The number of carbonyl (C=O) groups is 1. The molecule has 1 N–H and O–H groups in total. The van der Waals surface area contributed by atoms with Crippen LogP contribution in [0, 0.1) is 0 Å². The Balaban J connectivity index is 3.23. The predicted octanol–water partition coefficient (Wildman–Crippen LogP) is 2.37. The number of methoxy groups -OCH3 is 1. The number of benzene rings is 1. The fraction of sp³-hybridized carbons (Fsp3) is 0.182. The minimum atomic E-state index is -1.06. The van der Waals surface area contributed by atoms with Crippen molar-refractivity contribution in [2.24, 2.45) is 0 Å². The van der Waals surface area contributed by atoms with Crippen LogP contribution in [-0.4, -0.2) is 24.1 Å². The molecular formula is C11H11ClO3. The number of halogens is 1. The van der Waals surface area contributed by atoms with Gasteiger partial charge in [0.1, 0.15) is 5.76 Å². The number of aliphatic carboxylic acids is 1. The van der Waals surface area contributed by atoms with E-state index < -0.39 is 5.97 Å². The number of carboxylic acid groups (broad SMARTS) is 1. The molecule has 3 nitrogen and oxygen atoms in total. The Bertz CT molecular complexity index is 371. The Hall–Kier alpha value is -1.48. The van der Waals surface area contributed by atoms with E-state index in [1.165, 1.54) is 7.11 Å². The molecule has 0 amide bonds. The van der Waals surface area contributed by atoms with Crippen LogP contribution >= 0.6 is 11.6 Å². The molecule has 1 rings (SSSR count). The van der Waals surface area contributed by atoms with Gasteiger partial charge in [0.25, 0.3) is 0 Å². The van der Waals surface area contributed by atoms with Gasteiger partial charge in [-0.2, -0.15) is 0 Å². The van der Waals surface area contributed by atoms with Crippen LogP contribution in [0.25, 0.3) is 5.76 Å². The Morgan fingerprint density at radius 3 is 2.40 bits per heavy atom. The highest BCUT2D eigenvalue weighted by atomic mass is 35.5. The van der Waals surface area contributed by atoms with E-state index in [2.05, 4.69) is 0 Å². The standard InChI is InChI=1S/C11H11ClO3/c1-15-10(9(7-12)11(13)14)8-5-3-2-4-6-8/h2-6H,7H2,1H3,(H,13,14). The fourth-order valence-corrected chi connectivity index (χ4v) is 1.46. The molecule has 0 unspecified atom stereocenters. The minimum absolute atomic E-state index is 0.0605. The summed E-state index contributed by atoms with van der Waals surface area (Å²) in [5.41, 5.74) is 0.767. The highest BCUT2D eigenvalue weighted by Crippen LogP contribution is 2.20. The molecule has 0 aliphatic rings. The fourth-order valence-electron chi connectivity index (χ4n) is 1.22. The monoisotopic (exact) mass is 226 g/mol. The molecule has 0 atom stereocenters. The van der Waals surface area contributed by atoms with Gasteiger partial charge in [0.2, 0.25) is 0 Å². The van der Waals surface area contributed by atoms with Crippen molar-refractivity contribution in [2.75, 3.05) is 13.0 Å². The van der Waals surface area contributed by atoms with Gasteiger partial charge >= 0.3 is 5.97 Å². The third-order valence-corrected chi connectivity index (χ3v) is 2.17. The van der Waals surface area contributed by atoms with Crippen LogP contribution in [0.4, 0.5) is 0 Å². The molecule has 0 radical (unpaired) electrons. The SMILES string of the molecule is COC(=C(CCl)C(=O)O)c1ccccc1. The summed E-state index contributed by atoms with van der Waals surface area (Å²) in [7, 11) is 1.43. The molecule has 0 heterocycles. The normalized spacial score (nSPS) is 11.9. The average Bonchev–Trinajstić information content (AvgIpc) is 2.26. The number of hydrogen-bond donors (Lipinski definition) is 1. The highest BCUT2D eigenvalue weighted by Gasteiger charge is 2.15. The quantitative estimate of drug-likeness (QED) is 0.487. The molecule has 1 aromatic rings. The molecule has 0 spiro atoms. The first-order valence-corrected chi connectivity index (χ1v) is 4.86. The summed E-state index contributed by atoms with van der Waals surface area (Å²) >= 11 is 5.57. The van der Waals surface area contributed by atoms with Gasteiger partial charge in [-0.3, -0.25) is 0 Å². The molecule has 0 fully saturated rings. The van der Waals surface area contributed by atoms with Crippen LogP contribution in [0.1, 0.15) is 5.56 Å². The number of hydrogen-bond acceptors (Lipinski definition) is 2. The molecule has 1 aromatic carbocycles. The summed E-state index contributed by atoms with van der Waals surface area (Å²) in [6.07, 6.45) is 0. The summed E-state index contributed by atoms with van der Waals surface area (Å²) in [4.78, 5) is 10.9. The first kappa shape index (κ1) is 11.6. The zero-order valence-corrected chi connectivity index (χ0v) is 8.99. The van der Waals surface area contributed by atoms with E-state index >= 15 is 0 Å². The molecule has 4 heteroatoms. The van der Waals surface area contributed by atoms with Gasteiger partial charge in [0, 0.05) is 5.56 Å². The van der Waals surface area contributed by atoms with Crippen molar-refractivity contribution >= 4 is 23.3 Å². The zero-order chi connectivity index (χ0) is 11.3. The Morgan fingerprint density at radius 1 is 1.40 bits per heavy atom. The van der Waals surface area contributed by atoms with Crippen molar-refractivity contribution in [1.82, 2.24) is 0 Å². The molecule has 0 aromatic heterocycles. The van der Waals surface area contributed by atoms with Crippen LogP contribution in [0.5, 0.6) is 0 Å². The lowest BCUT2D eigenvalue weighted by atomic mass is 10.1. The second-order valence-corrected chi connectivity index (χ2v) is 3.08. The summed E-state index contributed by atoms with van der Waals surface area (Å²) in [5.74, 6) is -0.850. The third-order valence-electron chi connectivity index (χ3n) is 1.91. The molecule has 15 heavy (non-hydrogen) atoms. The Labute approximate surface area is 92.9 Å². The highest BCUT2D eigenvalue weighted by molar-refractivity contribution is 6.23. The van der Waals surface area contributed by atoms with Crippen LogP contribution in [-0.2, 0) is 9.53 Å².